The average molecular weight is 335 g/mol. The van der Waals surface area contributed by atoms with Gasteiger partial charge in [-0.15, -0.1) is 5.10 Å². The summed E-state index contributed by atoms with van der Waals surface area (Å²) < 4.78 is 1.81. The molecule has 0 bridgehead atoms. The van der Waals surface area contributed by atoms with Crippen LogP contribution >= 0.6 is 0 Å². The molecular weight excluding hydrogens is 314 g/mol. The lowest BCUT2D eigenvalue weighted by Crippen LogP contribution is -2.39. The SMILES string of the molecule is O=C(CCn1nnc2ccccc21)N1CCCCC1c1ccccn1. The average Bonchev–Trinajstić information content (AvgIpc) is 3.10. The number of amides is 1. The second-order valence-corrected chi connectivity index (χ2v) is 6.40. The van der Waals surface area contributed by atoms with E-state index in [2.05, 4.69) is 15.3 Å². The second-order valence-electron chi connectivity index (χ2n) is 6.40. The smallest absolute Gasteiger partial charge is 0.225 e. The first-order valence-electron chi connectivity index (χ1n) is 8.81. The summed E-state index contributed by atoms with van der Waals surface area (Å²) in [6.45, 7) is 1.35. The number of likely N-dealkylation sites (tertiary alicyclic amines) is 1. The van der Waals surface area contributed by atoms with Gasteiger partial charge in [-0.25, -0.2) is 4.68 Å². The fraction of sp³-hybridized carbons (Fsp3) is 0.368. The number of hydrogen-bond acceptors (Lipinski definition) is 4. The molecule has 1 aliphatic heterocycles. The third-order valence-corrected chi connectivity index (χ3v) is 4.81. The van der Waals surface area contributed by atoms with E-state index < -0.39 is 0 Å². The van der Waals surface area contributed by atoms with E-state index in [0.717, 1.165) is 42.5 Å². The van der Waals surface area contributed by atoms with Crippen LogP contribution < -0.4 is 0 Å². The minimum Gasteiger partial charge on any atom is -0.334 e. The van der Waals surface area contributed by atoms with Gasteiger partial charge in [-0.05, 0) is 43.5 Å². The lowest BCUT2D eigenvalue weighted by molar-refractivity contribution is -0.135. The van der Waals surface area contributed by atoms with Gasteiger partial charge in [0.15, 0.2) is 0 Å². The number of piperidine rings is 1. The molecule has 1 unspecified atom stereocenters. The predicted molar refractivity (Wildman–Crippen MR) is 94.7 cm³/mol. The molecule has 3 aromatic rings. The van der Waals surface area contributed by atoms with Crippen molar-refractivity contribution >= 4 is 16.9 Å². The van der Waals surface area contributed by atoms with Crippen molar-refractivity contribution in [2.24, 2.45) is 0 Å². The van der Waals surface area contributed by atoms with Crippen molar-refractivity contribution in [3.8, 4) is 0 Å². The quantitative estimate of drug-likeness (QED) is 0.735. The number of nitrogens with zero attached hydrogens (tertiary/aromatic N) is 5. The summed E-state index contributed by atoms with van der Waals surface area (Å²) in [5.74, 6) is 0.162. The zero-order valence-corrected chi connectivity index (χ0v) is 14.1. The third kappa shape index (κ3) is 3.24. The number of benzene rings is 1. The van der Waals surface area contributed by atoms with Crippen molar-refractivity contribution in [1.29, 1.82) is 0 Å². The lowest BCUT2D eigenvalue weighted by atomic mass is 9.98. The van der Waals surface area contributed by atoms with E-state index in [1.807, 2.05) is 52.0 Å². The molecule has 0 spiro atoms. The van der Waals surface area contributed by atoms with E-state index in [0.29, 0.717) is 13.0 Å². The van der Waals surface area contributed by atoms with E-state index in [1.54, 1.807) is 6.20 Å². The van der Waals surface area contributed by atoms with Crippen LogP contribution in [0.25, 0.3) is 11.0 Å². The Bertz CT molecular complexity index is 860. The van der Waals surface area contributed by atoms with Crippen molar-refractivity contribution in [2.75, 3.05) is 6.54 Å². The van der Waals surface area contributed by atoms with Crippen LogP contribution in [-0.4, -0.2) is 37.3 Å². The van der Waals surface area contributed by atoms with Crippen LogP contribution in [0.5, 0.6) is 0 Å². The lowest BCUT2D eigenvalue weighted by Gasteiger charge is -2.35. The monoisotopic (exact) mass is 335 g/mol. The summed E-state index contributed by atoms with van der Waals surface area (Å²) in [5.41, 5.74) is 2.82. The van der Waals surface area contributed by atoms with Gasteiger partial charge in [-0.3, -0.25) is 9.78 Å². The molecule has 128 valence electrons. The molecule has 1 aromatic carbocycles. The maximum absolute atomic E-state index is 12.8. The molecule has 6 heteroatoms. The summed E-state index contributed by atoms with van der Waals surface area (Å²) in [6.07, 6.45) is 5.40. The number of aromatic nitrogens is 4. The van der Waals surface area contributed by atoms with Gasteiger partial charge >= 0.3 is 0 Å². The van der Waals surface area contributed by atoms with Gasteiger partial charge in [0.05, 0.1) is 23.8 Å². The van der Waals surface area contributed by atoms with E-state index in [-0.39, 0.29) is 11.9 Å². The molecule has 0 radical (unpaired) electrons. The third-order valence-electron chi connectivity index (χ3n) is 4.81. The highest BCUT2D eigenvalue weighted by Gasteiger charge is 2.28. The van der Waals surface area contributed by atoms with Crippen molar-refractivity contribution < 1.29 is 4.79 Å². The van der Waals surface area contributed by atoms with Gasteiger partial charge in [0.25, 0.3) is 0 Å². The normalized spacial score (nSPS) is 17.8. The zero-order chi connectivity index (χ0) is 17.1. The van der Waals surface area contributed by atoms with Crippen LogP contribution in [0.3, 0.4) is 0 Å². The molecule has 1 amide bonds. The standard InChI is InChI=1S/C19H21N5O/c25-19(11-14-24-18-10-2-1-8-16(18)21-22-24)23-13-6-4-9-17(23)15-7-3-5-12-20-15/h1-3,5,7-8,10,12,17H,4,6,9,11,13-14H2. The van der Waals surface area contributed by atoms with Gasteiger partial charge in [-0.1, -0.05) is 23.4 Å². The van der Waals surface area contributed by atoms with Crippen LogP contribution in [0.15, 0.2) is 48.7 Å². The molecule has 0 saturated carbocycles. The maximum atomic E-state index is 12.8. The maximum Gasteiger partial charge on any atom is 0.225 e. The fourth-order valence-corrected chi connectivity index (χ4v) is 3.54. The second kappa shape index (κ2) is 7.01. The molecule has 1 saturated heterocycles. The summed E-state index contributed by atoms with van der Waals surface area (Å²) in [4.78, 5) is 19.3. The number of hydrogen-bond donors (Lipinski definition) is 0. The van der Waals surface area contributed by atoms with E-state index in [1.165, 1.54) is 0 Å². The summed E-state index contributed by atoms with van der Waals surface area (Å²) in [7, 11) is 0. The van der Waals surface area contributed by atoms with Gasteiger partial charge in [0.1, 0.15) is 5.52 Å². The number of pyridine rings is 1. The Kier molecular flexibility index (Phi) is 4.41. The van der Waals surface area contributed by atoms with E-state index in [4.69, 9.17) is 0 Å². The number of rotatable bonds is 4. The molecule has 1 aliphatic rings. The Hall–Kier alpha value is -2.76. The summed E-state index contributed by atoms with van der Waals surface area (Å²) in [5, 5.41) is 8.32. The van der Waals surface area contributed by atoms with E-state index in [9.17, 15) is 4.79 Å². The minimum absolute atomic E-state index is 0.0925. The fourth-order valence-electron chi connectivity index (χ4n) is 3.54. The highest BCUT2D eigenvalue weighted by Crippen LogP contribution is 2.30. The first kappa shape index (κ1) is 15.7. The van der Waals surface area contributed by atoms with Crippen molar-refractivity contribution in [3.05, 3.63) is 54.4 Å². The molecule has 1 fully saturated rings. The highest BCUT2D eigenvalue weighted by molar-refractivity contribution is 5.77. The molecule has 4 rings (SSSR count). The van der Waals surface area contributed by atoms with Crippen LogP contribution in [0.2, 0.25) is 0 Å². The number of carbonyl (C=O) groups is 1. The van der Waals surface area contributed by atoms with Crippen molar-refractivity contribution in [1.82, 2.24) is 24.9 Å². The first-order chi connectivity index (χ1) is 12.3. The number of fused-ring (bicyclic) bond motifs is 1. The van der Waals surface area contributed by atoms with Gasteiger partial charge in [0, 0.05) is 19.2 Å². The summed E-state index contributed by atoms with van der Waals surface area (Å²) >= 11 is 0. The predicted octanol–water partition coefficient (Wildman–Crippen LogP) is 2.97. The molecule has 0 N–H and O–H groups in total. The van der Waals surface area contributed by atoms with Gasteiger partial charge < -0.3 is 4.90 Å². The molecular formula is C19H21N5O. The number of carbonyl (C=O) groups excluding carboxylic acids is 1. The largest absolute Gasteiger partial charge is 0.334 e. The van der Waals surface area contributed by atoms with E-state index >= 15 is 0 Å². The highest BCUT2D eigenvalue weighted by atomic mass is 16.2. The van der Waals surface area contributed by atoms with Gasteiger partial charge in [-0.2, -0.15) is 0 Å². The van der Waals surface area contributed by atoms with Gasteiger partial charge in [0.2, 0.25) is 5.91 Å². The Morgan fingerprint density at radius 2 is 2.00 bits per heavy atom. The van der Waals surface area contributed by atoms with Crippen LogP contribution in [0, 0.1) is 0 Å². The molecule has 6 nitrogen and oxygen atoms in total. The Labute approximate surface area is 146 Å². The molecule has 0 aliphatic carbocycles. The first-order valence-corrected chi connectivity index (χ1v) is 8.81. The zero-order valence-electron chi connectivity index (χ0n) is 14.1. The molecule has 1 atom stereocenters. The molecule has 25 heavy (non-hydrogen) atoms. The minimum atomic E-state index is 0.0925. The topological polar surface area (TPSA) is 63.9 Å². The van der Waals surface area contributed by atoms with Crippen LogP contribution in [0.1, 0.15) is 37.4 Å². The number of aryl methyl sites for hydroxylation is 1. The Morgan fingerprint density at radius 1 is 1.12 bits per heavy atom. The number of para-hydroxylation sites is 1. The van der Waals surface area contributed by atoms with Crippen molar-refractivity contribution in [2.45, 2.75) is 38.3 Å². The van der Waals surface area contributed by atoms with Crippen LogP contribution in [0.4, 0.5) is 0 Å². The molecule has 2 aromatic heterocycles. The Balaban J connectivity index is 1.47. The Morgan fingerprint density at radius 3 is 2.88 bits per heavy atom. The van der Waals surface area contributed by atoms with Crippen molar-refractivity contribution in [3.63, 3.8) is 0 Å². The van der Waals surface area contributed by atoms with Crippen LogP contribution in [-0.2, 0) is 11.3 Å². The summed E-state index contributed by atoms with van der Waals surface area (Å²) in [6, 6.07) is 13.8. The molecule has 3 heterocycles.